The minimum absolute atomic E-state index is 0.204. The maximum absolute atomic E-state index is 11.0. The van der Waals surface area contributed by atoms with E-state index in [0.29, 0.717) is 6.42 Å². The predicted octanol–water partition coefficient (Wildman–Crippen LogP) is 0.495. The number of carbonyl (C=O) groups excluding carboxylic acids is 1. The van der Waals surface area contributed by atoms with Gasteiger partial charge in [0, 0.05) is 6.54 Å². The first-order chi connectivity index (χ1) is 6.66. The standard InChI is InChI=1S/C11H14N2O/c1-7-2-3-8-6-13-10(11(12)14)5-9(8)4-7/h2-4,10,13H,5-6H2,1H3,(H2,12,14)/t10-/m1/s1. The lowest BCUT2D eigenvalue weighted by Crippen LogP contribution is -2.45. The summed E-state index contributed by atoms with van der Waals surface area (Å²) in [5.41, 5.74) is 9.01. The Kier molecular flexibility index (Phi) is 2.25. The molecule has 0 aliphatic carbocycles. The minimum atomic E-state index is -0.267. The highest BCUT2D eigenvalue weighted by Gasteiger charge is 2.21. The highest BCUT2D eigenvalue weighted by Crippen LogP contribution is 2.17. The molecular weight excluding hydrogens is 176 g/mol. The Hall–Kier alpha value is -1.35. The zero-order valence-electron chi connectivity index (χ0n) is 8.21. The molecule has 1 amide bonds. The zero-order valence-corrected chi connectivity index (χ0v) is 8.21. The smallest absolute Gasteiger partial charge is 0.234 e. The topological polar surface area (TPSA) is 55.1 Å². The summed E-state index contributed by atoms with van der Waals surface area (Å²) in [6.45, 7) is 2.80. The fraction of sp³-hybridized carbons (Fsp3) is 0.364. The minimum Gasteiger partial charge on any atom is -0.368 e. The van der Waals surface area contributed by atoms with Crippen molar-refractivity contribution in [3.63, 3.8) is 0 Å². The van der Waals surface area contributed by atoms with Gasteiger partial charge in [-0.2, -0.15) is 0 Å². The average Bonchev–Trinajstić information content (AvgIpc) is 2.16. The molecular formula is C11H14N2O. The second kappa shape index (κ2) is 3.42. The van der Waals surface area contributed by atoms with Crippen LogP contribution in [-0.4, -0.2) is 11.9 Å². The fourth-order valence-electron chi connectivity index (χ4n) is 1.84. The van der Waals surface area contributed by atoms with Crippen molar-refractivity contribution in [2.45, 2.75) is 25.9 Å². The van der Waals surface area contributed by atoms with Gasteiger partial charge < -0.3 is 11.1 Å². The van der Waals surface area contributed by atoms with E-state index in [2.05, 4.69) is 30.4 Å². The molecule has 1 heterocycles. The van der Waals surface area contributed by atoms with E-state index in [1.54, 1.807) is 0 Å². The number of hydrogen-bond donors (Lipinski definition) is 2. The summed E-state index contributed by atoms with van der Waals surface area (Å²) in [5, 5.41) is 3.12. The molecule has 0 saturated heterocycles. The molecule has 3 nitrogen and oxygen atoms in total. The molecule has 3 N–H and O–H groups in total. The molecule has 1 aromatic carbocycles. The van der Waals surface area contributed by atoms with Crippen LogP contribution in [-0.2, 0) is 17.8 Å². The zero-order chi connectivity index (χ0) is 10.1. The van der Waals surface area contributed by atoms with Crippen molar-refractivity contribution >= 4 is 5.91 Å². The van der Waals surface area contributed by atoms with Gasteiger partial charge in [-0.25, -0.2) is 0 Å². The molecule has 1 aliphatic rings. The number of nitrogens with two attached hydrogens (primary N) is 1. The number of primary amides is 1. The number of rotatable bonds is 1. The Labute approximate surface area is 83.3 Å². The molecule has 3 heteroatoms. The van der Waals surface area contributed by atoms with Crippen molar-refractivity contribution in [3.05, 3.63) is 34.9 Å². The Morgan fingerprint density at radius 3 is 3.00 bits per heavy atom. The van der Waals surface area contributed by atoms with E-state index in [-0.39, 0.29) is 11.9 Å². The first-order valence-electron chi connectivity index (χ1n) is 4.78. The van der Waals surface area contributed by atoms with Crippen LogP contribution in [0.5, 0.6) is 0 Å². The summed E-state index contributed by atoms with van der Waals surface area (Å²) < 4.78 is 0. The number of carbonyl (C=O) groups is 1. The number of amides is 1. The second-order valence-corrected chi connectivity index (χ2v) is 3.81. The third-order valence-electron chi connectivity index (χ3n) is 2.67. The van der Waals surface area contributed by atoms with Crippen molar-refractivity contribution in [2.24, 2.45) is 5.73 Å². The van der Waals surface area contributed by atoms with E-state index in [1.807, 2.05) is 0 Å². The number of benzene rings is 1. The average molecular weight is 190 g/mol. The van der Waals surface area contributed by atoms with Crippen LogP contribution >= 0.6 is 0 Å². The SMILES string of the molecule is Cc1ccc2c(c1)C[C@H](C(N)=O)NC2. The molecule has 2 rings (SSSR count). The van der Waals surface area contributed by atoms with Gasteiger partial charge >= 0.3 is 0 Å². The number of aryl methyl sites for hydroxylation is 1. The van der Waals surface area contributed by atoms with E-state index in [0.717, 1.165) is 6.54 Å². The molecule has 0 saturated carbocycles. The highest BCUT2D eigenvalue weighted by atomic mass is 16.1. The quantitative estimate of drug-likeness (QED) is 0.677. The predicted molar refractivity (Wildman–Crippen MR) is 54.7 cm³/mol. The maximum Gasteiger partial charge on any atom is 0.234 e. The van der Waals surface area contributed by atoms with Crippen molar-refractivity contribution in [1.82, 2.24) is 5.32 Å². The third-order valence-corrected chi connectivity index (χ3v) is 2.67. The molecule has 1 aliphatic heterocycles. The van der Waals surface area contributed by atoms with Crippen molar-refractivity contribution in [1.29, 1.82) is 0 Å². The molecule has 0 unspecified atom stereocenters. The molecule has 0 fully saturated rings. The molecule has 1 aromatic rings. The highest BCUT2D eigenvalue weighted by molar-refractivity contribution is 5.80. The van der Waals surface area contributed by atoms with Crippen molar-refractivity contribution < 1.29 is 4.79 Å². The lowest BCUT2D eigenvalue weighted by molar-refractivity contribution is -0.120. The fourth-order valence-corrected chi connectivity index (χ4v) is 1.84. The van der Waals surface area contributed by atoms with Gasteiger partial charge in [-0.3, -0.25) is 4.79 Å². The van der Waals surface area contributed by atoms with Crippen LogP contribution < -0.4 is 11.1 Å². The Morgan fingerprint density at radius 1 is 1.50 bits per heavy atom. The van der Waals surface area contributed by atoms with Gasteiger partial charge in [0.1, 0.15) is 0 Å². The summed E-state index contributed by atoms with van der Waals surface area (Å²) >= 11 is 0. The summed E-state index contributed by atoms with van der Waals surface area (Å²) in [6, 6.07) is 6.12. The molecule has 0 aromatic heterocycles. The molecule has 0 spiro atoms. The molecule has 0 radical (unpaired) electrons. The van der Waals surface area contributed by atoms with Gasteiger partial charge in [0.05, 0.1) is 6.04 Å². The molecule has 1 atom stereocenters. The van der Waals surface area contributed by atoms with Crippen molar-refractivity contribution in [2.75, 3.05) is 0 Å². The van der Waals surface area contributed by atoms with E-state index < -0.39 is 0 Å². The second-order valence-electron chi connectivity index (χ2n) is 3.81. The van der Waals surface area contributed by atoms with Crippen LogP contribution in [0.2, 0.25) is 0 Å². The van der Waals surface area contributed by atoms with Crippen LogP contribution in [0, 0.1) is 6.92 Å². The lowest BCUT2D eigenvalue weighted by atomic mass is 9.94. The van der Waals surface area contributed by atoms with Crippen LogP contribution in [0.1, 0.15) is 16.7 Å². The summed E-state index contributed by atoms with van der Waals surface area (Å²) in [4.78, 5) is 11.0. The van der Waals surface area contributed by atoms with Gasteiger partial charge in [0.15, 0.2) is 0 Å². The Bertz CT molecular complexity index is 374. The van der Waals surface area contributed by atoms with Crippen LogP contribution in [0.15, 0.2) is 18.2 Å². The summed E-state index contributed by atoms with van der Waals surface area (Å²) in [6.07, 6.45) is 0.715. The van der Waals surface area contributed by atoms with E-state index in [4.69, 9.17) is 5.73 Å². The van der Waals surface area contributed by atoms with Crippen LogP contribution in [0.25, 0.3) is 0 Å². The molecule has 14 heavy (non-hydrogen) atoms. The Balaban J connectivity index is 2.29. The van der Waals surface area contributed by atoms with Crippen LogP contribution in [0.3, 0.4) is 0 Å². The van der Waals surface area contributed by atoms with Gasteiger partial charge in [-0.1, -0.05) is 23.8 Å². The molecule has 74 valence electrons. The van der Waals surface area contributed by atoms with Gasteiger partial charge in [0.2, 0.25) is 5.91 Å². The Morgan fingerprint density at radius 2 is 2.29 bits per heavy atom. The third kappa shape index (κ3) is 1.63. The summed E-state index contributed by atoms with van der Waals surface area (Å²) in [7, 11) is 0. The van der Waals surface area contributed by atoms with E-state index in [9.17, 15) is 4.79 Å². The monoisotopic (exact) mass is 190 g/mol. The normalized spacial score (nSPS) is 20.2. The largest absolute Gasteiger partial charge is 0.368 e. The lowest BCUT2D eigenvalue weighted by Gasteiger charge is -2.24. The number of fused-ring (bicyclic) bond motifs is 1. The summed E-state index contributed by atoms with van der Waals surface area (Å²) in [5.74, 6) is -0.267. The van der Waals surface area contributed by atoms with Gasteiger partial charge in [-0.05, 0) is 24.5 Å². The first kappa shape index (κ1) is 9.21. The van der Waals surface area contributed by atoms with Gasteiger partial charge in [0.25, 0.3) is 0 Å². The number of nitrogens with one attached hydrogen (secondary N) is 1. The van der Waals surface area contributed by atoms with Crippen LogP contribution in [0.4, 0.5) is 0 Å². The van der Waals surface area contributed by atoms with E-state index in [1.165, 1.54) is 16.7 Å². The van der Waals surface area contributed by atoms with Crippen molar-refractivity contribution in [3.8, 4) is 0 Å². The van der Waals surface area contributed by atoms with E-state index >= 15 is 0 Å². The maximum atomic E-state index is 11.0. The first-order valence-corrected chi connectivity index (χ1v) is 4.78. The molecule has 0 bridgehead atoms. The van der Waals surface area contributed by atoms with Gasteiger partial charge in [-0.15, -0.1) is 0 Å². The number of hydrogen-bond acceptors (Lipinski definition) is 2.